The third-order valence-electron chi connectivity index (χ3n) is 3.13. The van der Waals surface area contributed by atoms with E-state index in [2.05, 4.69) is 13.8 Å². The summed E-state index contributed by atoms with van der Waals surface area (Å²) < 4.78 is 0. The van der Waals surface area contributed by atoms with Crippen molar-refractivity contribution in [3.05, 3.63) is 0 Å². The first-order chi connectivity index (χ1) is 7.06. The van der Waals surface area contributed by atoms with Gasteiger partial charge in [-0.1, -0.05) is 13.8 Å². The molecule has 3 nitrogen and oxygen atoms in total. The van der Waals surface area contributed by atoms with E-state index in [1.54, 1.807) is 0 Å². The Morgan fingerprint density at radius 2 is 2.27 bits per heavy atom. The monoisotopic (exact) mass is 230 g/mol. The molecular formula is C11H22N2OS. The van der Waals surface area contributed by atoms with Crippen molar-refractivity contribution in [3.63, 3.8) is 0 Å². The smallest absolute Gasteiger partial charge is 0.223 e. The molecule has 15 heavy (non-hydrogen) atoms. The molecule has 0 radical (unpaired) electrons. The van der Waals surface area contributed by atoms with Gasteiger partial charge in [-0.25, -0.2) is 0 Å². The highest BCUT2D eigenvalue weighted by atomic mass is 32.2. The van der Waals surface area contributed by atoms with E-state index in [4.69, 9.17) is 5.73 Å². The Balaban J connectivity index is 2.50. The van der Waals surface area contributed by atoms with Crippen LogP contribution < -0.4 is 5.73 Å². The van der Waals surface area contributed by atoms with Crippen LogP contribution in [-0.2, 0) is 4.79 Å². The van der Waals surface area contributed by atoms with Crippen LogP contribution in [0.3, 0.4) is 0 Å². The molecule has 0 aromatic heterocycles. The van der Waals surface area contributed by atoms with Crippen molar-refractivity contribution < 1.29 is 4.79 Å². The summed E-state index contributed by atoms with van der Waals surface area (Å²) in [4.78, 5) is 14.0. The van der Waals surface area contributed by atoms with Gasteiger partial charge in [0.25, 0.3) is 0 Å². The Hall–Kier alpha value is -0.220. The molecule has 1 heterocycles. The predicted molar refractivity (Wildman–Crippen MR) is 65.9 cm³/mol. The number of nitrogens with two attached hydrogens (primary N) is 1. The van der Waals surface area contributed by atoms with E-state index in [9.17, 15) is 4.79 Å². The highest BCUT2D eigenvalue weighted by Crippen LogP contribution is 2.25. The molecule has 4 heteroatoms. The van der Waals surface area contributed by atoms with Crippen molar-refractivity contribution in [1.82, 2.24) is 4.90 Å². The minimum absolute atomic E-state index is 0.271. The zero-order valence-corrected chi connectivity index (χ0v) is 10.7. The van der Waals surface area contributed by atoms with Gasteiger partial charge in [0.15, 0.2) is 0 Å². The Labute approximate surface area is 96.8 Å². The van der Waals surface area contributed by atoms with Gasteiger partial charge >= 0.3 is 0 Å². The summed E-state index contributed by atoms with van der Waals surface area (Å²) in [7, 11) is 0. The van der Waals surface area contributed by atoms with Crippen molar-refractivity contribution in [1.29, 1.82) is 0 Å². The quantitative estimate of drug-likeness (QED) is 0.795. The molecule has 2 N–H and O–H groups in total. The molecule has 1 aliphatic heterocycles. The number of carbonyl (C=O) groups excluding carboxylic acids is 1. The Morgan fingerprint density at radius 3 is 2.87 bits per heavy atom. The van der Waals surface area contributed by atoms with Crippen LogP contribution in [0.1, 0.15) is 27.2 Å². The Morgan fingerprint density at radius 1 is 1.60 bits per heavy atom. The first-order valence-electron chi connectivity index (χ1n) is 5.67. The molecule has 0 aliphatic carbocycles. The van der Waals surface area contributed by atoms with E-state index >= 15 is 0 Å². The average molecular weight is 230 g/mol. The number of nitrogens with zero attached hydrogens (tertiary/aromatic N) is 1. The third kappa shape index (κ3) is 3.38. The summed E-state index contributed by atoms with van der Waals surface area (Å²) in [6, 6.07) is 0.362. The van der Waals surface area contributed by atoms with E-state index in [-0.39, 0.29) is 5.91 Å². The van der Waals surface area contributed by atoms with Gasteiger partial charge in [0, 0.05) is 30.0 Å². The van der Waals surface area contributed by atoms with Crippen LogP contribution in [0.2, 0.25) is 0 Å². The summed E-state index contributed by atoms with van der Waals surface area (Å²) in [6.07, 6.45) is 0.595. The van der Waals surface area contributed by atoms with Gasteiger partial charge in [-0.05, 0) is 19.4 Å². The number of carbonyl (C=O) groups is 1. The lowest BCUT2D eigenvalue weighted by molar-refractivity contribution is -0.133. The lowest BCUT2D eigenvalue weighted by atomic mass is 10.1. The zero-order chi connectivity index (χ0) is 11.4. The number of hydrogen-bond acceptors (Lipinski definition) is 3. The SMILES string of the molecule is CC(CN)CC(=O)N1CCSC(C)C1C. The van der Waals surface area contributed by atoms with Gasteiger partial charge in [0.2, 0.25) is 5.91 Å². The number of thioether (sulfide) groups is 1. The maximum absolute atomic E-state index is 12.0. The lowest BCUT2D eigenvalue weighted by Gasteiger charge is -2.38. The summed E-state index contributed by atoms with van der Waals surface area (Å²) in [6.45, 7) is 7.86. The first kappa shape index (κ1) is 12.8. The zero-order valence-electron chi connectivity index (χ0n) is 9.90. The van der Waals surface area contributed by atoms with E-state index in [1.165, 1.54) is 0 Å². The van der Waals surface area contributed by atoms with Gasteiger partial charge in [0.1, 0.15) is 0 Å². The second-order valence-corrected chi connectivity index (χ2v) is 5.93. The lowest BCUT2D eigenvalue weighted by Crippen LogP contribution is -2.48. The minimum Gasteiger partial charge on any atom is -0.338 e. The van der Waals surface area contributed by atoms with E-state index in [1.807, 2.05) is 23.6 Å². The van der Waals surface area contributed by atoms with Crippen LogP contribution in [0.25, 0.3) is 0 Å². The van der Waals surface area contributed by atoms with Crippen molar-refractivity contribution in [2.45, 2.75) is 38.5 Å². The van der Waals surface area contributed by atoms with Crippen molar-refractivity contribution >= 4 is 17.7 Å². The largest absolute Gasteiger partial charge is 0.338 e. The van der Waals surface area contributed by atoms with Gasteiger partial charge in [-0.3, -0.25) is 4.79 Å². The molecule has 3 unspecified atom stereocenters. The van der Waals surface area contributed by atoms with E-state index in [0.29, 0.717) is 30.2 Å². The van der Waals surface area contributed by atoms with Crippen LogP contribution in [0.5, 0.6) is 0 Å². The molecule has 3 atom stereocenters. The maximum Gasteiger partial charge on any atom is 0.223 e. The fraction of sp³-hybridized carbons (Fsp3) is 0.909. The van der Waals surface area contributed by atoms with E-state index < -0.39 is 0 Å². The van der Waals surface area contributed by atoms with Gasteiger partial charge in [-0.15, -0.1) is 0 Å². The molecule has 1 amide bonds. The molecule has 1 saturated heterocycles. The van der Waals surface area contributed by atoms with Crippen LogP contribution in [0.4, 0.5) is 0 Å². The Kier molecular flexibility index (Phi) is 4.93. The number of rotatable bonds is 3. The highest BCUT2D eigenvalue weighted by molar-refractivity contribution is 8.00. The van der Waals surface area contributed by atoms with Crippen LogP contribution >= 0.6 is 11.8 Å². The molecule has 0 spiro atoms. The third-order valence-corrected chi connectivity index (χ3v) is 4.47. The van der Waals surface area contributed by atoms with Crippen molar-refractivity contribution in [2.24, 2.45) is 11.7 Å². The van der Waals surface area contributed by atoms with Crippen LogP contribution in [-0.4, -0.2) is 40.9 Å². The van der Waals surface area contributed by atoms with Gasteiger partial charge < -0.3 is 10.6 Å². The van der Waals surface area contributed by atoms with Crippen LogP contribution in [0, 0.1) is 5.92 Å². The molecular weight excluding hydrogens is 208 g/mol. The number of amides is 1. The molecule has 88 valence electrons. The number of hydrogen-bond donors (Lipinski definition) is 1. The van der Waals surface area contributed by atoms with Crippen LogP contribution in [0.15, 0.2) is 0 Å². The average Bonchev–Trinajstić information content (AvgIpc) is 2.21. The maximum atomic E-state index is 12.0. The standard InChI is InChI=1S/C11H22N2OS/c1-8(7-12)6-11(14)13-4-5-15-10(3)9(13)2/h8-10H,4-7,12H2,1-3H3. The molecule has 1 rings (SSSR count). The normalized spacial score (nSPS) is 28.9. The summed E-state index contributed by atoms with van der Waals surface area (Å²) in [5.41, 5.74) is 5.54. The fourth-order valence-electron chi connectivity index (χ4n) is 1.78. The minimum atomic E-state index is 0.271. The summed E-state index contributed by atoms with van der Waals surface area (Å²) in [5, 5.41) is 0.552. The Bertz CT molecular complexity index is 223. The van der Waals surface area contributed by atoms with Gasteiger partial charge in [0.05, 0.1) is 0 Å². The first-order valence-corrected chi connectivity index (χ1v) is 6.72. The molecule has 0 saturated carbocycles. The topological polar surface area (TPSA) is 46.3 Å². The van der Waals surface area contributed by atoms with Crippen molar-refractivity contribution in [3.8, 4) is 0 Å². The molecule has 1 aliphatic rings. The second-order valence-electron chi connectivity index (χ2n) is 4.45. The van der Waals surface area contributed by atoms with Gasteiger partial charge in [-0.2, -0.15) is 11.8 Å². The molecule has 0 aromatic rings. The van der Waals surface area contributed by atoms with Crippen molar-refractivity contribution in [2.75, 3.05) is 18.8 Å². The summed E-state index contributed by atoms with van der Waals surface area (Å²) in [5.74, 6) is 1.64. The fourth-order valence-corrected chi connectivity index (χ4v) is 2.88. The predicted octanol–water partition coefficient (Wildman–Crippen LogP) is 1.32. The summed E-state index contributed by atoms with van der Waals surface area (Å²) >= 11 is 1.95. The van der Waals surface area contributed by atoms with E-state index in [0.717, 1.165) is 12.3 Å². The second kappa shape index (κ2) is 5.75. The highest BCUT2D eigenvalue weighted by Gasteiger charge is 2.28. The molecule has 0 bridgehead atoms. The molecule has 1 fully saturated rings. The molecule has 0 aromatic carbocycles.